The molecule has 60 valence electrons. The fraction of sp³-hybridized carbons (Fsp3) is 0.625. The third-order valence-corrected chi connectivity index (χ3v) is 2.40. The lowest BCUT2D eigenvalue weighted by atomic mass is 9.77. The van der Waals surface area contributed by atoms with E-state index in [0.717, 1.165) is 18.5 Å². The van der Waals surface area contributed by atoms with Crippen LogP contribution in [0.3, 0.4) is 0 Å². The molecule has 1 aliphatic carbocycles. The highest BCUT2D eigenvalue weighted by molar-refractivity contribution is 5.21. The summed E-state index contributed by atoms with van der Waals surface area (Å²) in [4.78, 5) is 0. The van der Waals surface area contributed by atoms with E-state index in [2.05, 4.69) is 5.16 Å². The molecule has 3 nitrogen and oxygen atoms in total. The van der Waals surface area contributed by atoms with Crippen LogP contribution in [0.5, 0.6) is 0 Å². The number of hydrogen-bond acceptors (Lipinski definition) is 3. The van der Waals surface area contributed by atoms with Crippen molar-refractivity contribution in [2.45, 2.75) is 31.7 Å². The maximum absolute atomic E-state index is 5.67. The van der Waals surface area contributed by atoms with Gasteiger partial charge in [0.2, 0.25) is 0 Å². The Hall–Kier alpha value is -0.830. The summed E-state index contributed by atoms with van der Waals surface area (Å²) in [6.45, 7) is 1.97. The lowest BCUT2D eigenvalue weighted by molar-refractivity contribution is 0.347. The van der Waals surface area contributed by atoms with Crippen LogP contribution in [0.15, 0.2) is 10.8 Å². The molecule has 0 atom stereocenters. The molecule has 1 aliphatic rings. The van der Waals surface area contributed by atoms with Crippen LogP contribution in [-0.2, 0) is 0 Å². The van der Waals surface area contributed by atoms with Crippen LogP contribution >= 0.6 is 0 Å². The van der Waals surface area contributed by atoms with E-state index in [4.69, 9.17) is 10.3 Å². The zero-order valence-electron chi connectivity index (χ0n) is 6.58. The fourth-order valence-electron chi connectivity index (χ4n) is 1.61. The average Bonchev–Trinajstić information content (AvgIpc) is 2.29. The van der Waals surface area contributed by atoms with Gasteiger partial charge < -0.3 is 10.3 Å². The van der Waals surface area contributed by atoms with Crippen molar-refractivity contribution in [3.8, 4) is 0 Å². The minimum atomic E-state index is 0.397. The molecule has 1 fully saturated rings. The highest BCUT2D eigenvalue weighted by Gasteiger charge is 2.29. The van der Waals surface area contributed by atoms with Gasteiger partial charge in [0, 0.05) is 11.6 Å². The Balaban J connectivity index is 2.12. The van der Waals surface area contributed by atoms with Gasteiger partial charge in [-0.2, -0.15) is 0 Å². The normalized spacial score (nSPS) is 30.0. The van der Waals surface area contributed by atoms with E-state index >= 15 is 0 Å². The van der Waals surface area contributed by atoms with Gasteiger partial charge in [0.1, 0.15) is 6.26 Å². The monoisotopic (exact) mass is 152 g/mol. The van der Waals surface area contributed by atoms with Gasteiger partial charge in [-0.05, 0) is 25.7 Å². The van der Waals surface area contributed by atoms with Crippen LogP contribution < -0.4 is 5.73 Å². The molecule has 2 N–H and O–H groups in total. The van der Waals surface area contributed by atoms with Gasteiger partial charge in [-0.3, -0.25) is 0 Å². The fourth-order valence-corrected chi connectivity index (χ4v) is 1.61. The van der Waals surface area contributed by atoms with E-state index in [1.807, 2.05) is 6.92 Å². The van der Waals surface area contributed by atoms with Gasteiger partial charge in [-0.1, -0.05) is 5.16 Å². The average molecular weight is 152 g/mol. The molecule has 0 radical (unpaired) electrons. The van der Waals surface area contributed by atoms with Crippen molar-refractivity contribution in [1.29, 1.82) is 0 Å². The Labute approximate surface area is 65.6 Å². The first-order valence-electron chi connectivity index (χ1n) is 3.94. The molecule has 1 saturated carbocycles. The first-order valence-corrected chi connectivity index (χ1v) is 3.94. The lowest BCUT2D eigenvalue weighted by Crippen LogP contribution is -2.34. The van der Waals surface area contributed by atoms with Crippen LogP contribution in [0.25, 0.3) is 0 Å². The minimum absolute atomic E-state index is 0.397. The summed E-state index contributed by atoms with van der Waals surface area (Å²) in [5.74, 6) is 0.608. The lowest BCUT2D eigenvalue weighted by Gasteiger charge is -2.31. The summed E-state index contributed by atoms with van der Waals surface area (Å²) in [7, 11) is 0. The molecule has 0 amide bonds. The summed E-state index contributed by atoms with van der Waals surface area (Å²) in [5.41, 5.74) is 7.93. The van der Waals surface area contributed by atoms with Gasteiger partial charge in [-0.15, -0.1) is 0 Å². The zero-order valence-corrected chi connectivity index (χ0v) is 6.58. The van der Waals surface area contributed by atoms with Crippen LogP contribution in [0.2, 0.25) is 0 Å². The molecular weight excluding hydrogens is 140 g/mol. The molecule has 0 unspecified atom stereocenters. The predicted molar refractivity (Wildman–Crippen MR) is 41.2 cm³/mol. The Kier molecular flexibility index (Phi) is 1.46. The Morgan fingerprint density at radius 1 is 1.64 bits per heavy atom. The summed E-state index contributed by atoms with van der Waals surface area (Å²) >= 11 is 0. The van der Waals surface area contributed by atoms with Crippen LogP contribution in [0.4, 0.5) is 0 Å². The molecule has 11 heavy (non-hydrogen) atoms. The van der Waals surface area contributed by atoms with Crippen molar-refractivity contribution in [3.05, 3.63) is 17.5 Å². The molecule has 0 aliphatic heterocycles. The predicted octanol–water partition coefficient (Wildman–Crippen LogP) is 1.19. The topological polar surface area (TPSA) is 52.0 Å². The van der Waals surface area contributed by atoms with E-state index in [1.165, 1.54) is 5.56 Å². The SMILES string of the molecule is Cc1nocc1C1CC(N)C1. The smallest absolute Gasteiger partial charge is 0.127 e. The maximum atomic E-state index is 5.67. The Morgan fingerprint density at radius 3 is 2.82 bits per heavy atom. The summed E-state index contributed by atoms with van der Waals surface area (Å²) in [6, 6.07) is 0.397. The molecule has 0 bridgehead atoms. The van der Waals surface area contributed by atoms with Crippen LogP contribution in [-0.4, -0.2) is 11.2 Å². The third-order valence-electron chi connectivity index (χ3n) is 2.40. The molecule has 0 saturated heterocycles. The Bertz CT molecular complexity index is 250. The number of rotatable bonds is 1. The highest BCUT2D eigenvalue weighted by Crippen LogP contribution is 2.36. The van der Waals surface area contributed by atoms with E-state index in [-0.39, 0.29) is 0 Å². The summed E-state index contributed by atoms with van der Waals surface area (Å²) < 4.78 is 4.85. The van der Waals surface area contributed by atoms with Crippen molar-refractivity contribution in [2.24, 2.45) is 5.73 Å². The quantitative estimate of drug-likeness (QED) is 0.657. The number of aryl methyl sites for hydroxylation is 1. The van der Waals surface area contributed by atoms with Gasteiger partial charge >= 0.3 is 0 Å². The highest BCUT2D eigenvalue weighted by atomic mass is 16.5. The summed E-state index contributed by atoms with van der Waals surface area (Å²) in [6.07, 6.45) is 3.91. The number of hydrogen-bond donors (Lipinski definition) is 1. The van der Waals surface area contributed by atoms with Crippen LogP contribution in [0, 0.1) is 6.92 Å². The second kappa shape index (κ2) is 2.34. The third kappa shape index (κ3) is 1.05. The number of aromatic nitrogens is 1. The van der Waals surface area contributed by atoms with Gasteiger partial charge in [0.05, 0.1) is 5.69 Å². The van der Waals surface area contributed by atoms with E-state index < -0.39 is 0 Å². The second-order valence-electron chi connectivity index (χ2n) is 3.28. The van der Waals surface area contributed by atoms with Gasteiger partial charge in [0.15, 0.2) is 0 Å². The minimum Gasteiger partial charge on any atom is -0.364 e. The Morgan fingerprint density at radius 2 is 2.36 bits per heavy atom. The van der Waals surface area contributed by atoms with E-state index in [9.17, 15) is 0 Å². The molecule has 1 heterocycles. The molecule has 2 rings (SSSR count). The number of nitrogens with zero attached hydrogens (tertiary/aromatic N) is 1. The van der Waals surface area contributed by atoms with Crippen molar-refractivity contribution in [2.75, 3.05) is 0 Å². The maximum Gasteiger partial charge on any atom is 0.127 e. The molecule has 1 aromatic rings. The van der Waals surface area contributed by atoms with Gasteiger partial charge in [-0.25, -0.2) is 0 Å². The summed E-state index contributed by atoms with van der Waals surface area (Å²) in [5, 5.41) is 3.83. The molecule has 3 heteroatoms. The molecule has 0 aromatic carbocycles. The standard InChI is InChI=1S/C8H12N2O/c1-5-8(4-11-10-5)6-2-7(9)3-6/h4,6-7H,2-3,9H2,1H3. The van der Waals surface area contributed by atoms with E-state index in [1.54, 1.807) is 6.26 Å². The first kappa shape index (κ1) is 6.85. The number of nitrogens with two attached hydrogens (primary N) is 1. The van der Waals surface area contributed by atoms with Crippen molar-refractivity contribution < 1.29 is 4.52 Å². The first-order chi connectivity index (χ1) is 5.27. The van der Waals surface area contributed by atoms with Crippen molar-refractivity contribution >= 4 is 0 Å². The second-order valence-corrected chi connectivity index (χ2v) is 3.28. The molecular formula is C8H12N2O. The largest absolute Gasteiger partial charge is 0.364 e. The van der Waals surface area contributed by atoms with E-state index in [0.29, 0.717) is 12.0 Å². The van der Waals surface area contributed by atoms with Gasteiger partial charge in [0.25, 0.3) is 0 Å². The van der Waals surface area contributed by atoms with Crippen molar-refractivity contribution in [3.63, 3.8) is 0 Å². The van der Waals surface area contributed by atoms with Crippen molar-refractivity contribution in [1.82, 2.24) is 5.16 Å². The molecule has 1 aromatic heterocycles. The molecule has 0 spiro atoms. The van der Waals surface area contributed by atoms with Crippen LogP contribution in [0.1, 0.15) is 30.0 Å². The zero-order chi connectivity index (χ0) is 7.84.